The largest absolute Gasteiger partial charge is 0.496 e. The molecule has 64 heavy (non-hydrogen) atoms. The fourth-order valence-corrected chi connectivity index (χ4v) is 14.1. The highest BCUT2D eigenvalue weighted by molar-refractivity contribution is 5.95. The number of fused-ring (bicyclic) bond motifs is 6. The zero-order valence-electron chi connectivity index (χ0n) is 38.5. The Morgan fingerprint density at radius 1 is 1.00 bits per heavy atom. The molecule has 0 radical (unpaired) electrons. The van der Waals surface area contributed by atoms with Crippen molar-refractivity contribution < 1.29 is 47.2 Å². The Bertz CT molecular complexity index is 2400. The Hall–Kier alpha value is -4.53. The van der Waals surface area contributed by atoms with Gasteiger partial charge < -0.3 is 38.8 Å². The number of carbonyl (C=O) groups excluding carboxylic acids is 3. The maximum Gasteiger partial charge on any atom is 0.344 e. The van der Waals surface area contributed by atoms with Crippen LogP contribution in [0.2, 0.25) is 0 Å². The number of hydrogen-bond acceptors (Lipinski definition) is 11. The van der Waals surface area contributed by atoms with Crippen LogP contribution in [-0.2, 0) is 52.3 Å². The Morgan fingerprint density at radius 2 is 1.77 bits per heavy atom. The second-order valence-corrected chi connectivity index (χ2v) is 19.8. The number of benzene rings is 2. The zero-order chi connectivity index (χ0) is 45.7. The highest BCUT2D eigenvalue weighted by Crippen LogP contribution is 2.68. The predicted molar refractivity (Wildman–Crippen MR) is 238 cm³/mol. The summed E-state index contributed by atoms with van der Waals surface area (Å²) in [5, 5.41) is 14.4. The summed E-state index contributed by atoms with van der Waals surface area (Å²) in [6, 6.07) is 9.02. The van der Waals surface area contributed by atoms with Crippen LogP contribution in [0.15, 0.2) is 42.5 Å². The van der Waals surface area contributed by atoms with Gasteiger partial charge in [0.05, 0.1) is 27.4 Å². The lowest BCUT2D eigenvalue weighted by Gasteiger charge is -2.63. The summed E-state index contributed by atoms with van der Waals surface area (Å²) < 4.78 is 55.0. The molecule has 346 valence electrons. The van der Waals surface area contributed by atoms with E-state index in [-0.39, 0.29) is 31.3 Å². The molecule has 3 aromatic rings. The Labute approximate surface area is 374 Å². The second-order valence-electron chi connectivity index (χ2n) is 19.8. The summed E-state index contributed by atoms with van der Waals surface area (Å²) in [4.78, 5) is 53.2. The number of alkyl halides is 2. The number of hydrogen-bond donors (Lipinski definition) is 2. The zero-order valence-corrected chi connectivity index (χ0v) is 38.5. The molecular weight excluding hydrogens is 823 g/mol. The highest BCUT2D eigenvalue weighted by atomic mass is 19.3. The predicted octanol–water partition coefficient (Wildman–Crippen LogP) is 6.46. The number of H-pyrrole nitrogens is 1. The number of anilines is 1. The molecule has 2 N–H and O–H groups in total. The van der Waals surface area contributed by atoms with E-state index < -0.39 is 63.7 Å². The minimum atomic E-state index is -2.94. The molecule has 0 amide bonds. The van der Waals surface area contributed by atoms with Gasteiger partial charge in [-0.1, -0.05) is 38.5 Å². The fraction of sp³-hybridized carbons (Fsp3) is 0.620. The number of unbranched alkanes of at least 4 members (excludes halogenated alkanes) is 1. The van der Waals surface area contributed by atoms with Gasteiger partial charge in [0, 0.05) is 96.9 Å². The van der Waals surface area contributed by atoms with Crippen molar-refractivity contribution in [3.8, 4) is 5.75 Å². The van der Waals surface area contributed by atoms with Gasteiger partial charge in [0.25, 0.3) is 0 Å². The van der Waals surface area contributed by atoms with Crippen molar-refractivity contribution in [1.82, 2.24) is 14.8 Å². The summed E-state index contributed by atoms with van der Waals surface area (Å²) in [6.45, 7) is 9.00. The summed E-state index contributed by atoms with van der Waals surface area (Å²) in [7, 11) is 6.00. The first-order chi connectivity index (χ1) is 30.5. The summed E-state index contributed by atoms with van der Waals surface area (Å²) in [5.41, 5.74) is -0.257. The number of aryl methyl sites for hydroxylation is 1. The van der Waals surface area contributed by atoms with E-state index in [0.717, 1.165) is 48.2 Å². The minimum absolute atomic E-state index is 0.157. The average Bonchev–Trinajstić information content (AvgIpc) is 3.94. The van der Waals surface area contributed by atoms with Gasteiger partial charge in [-0.15, -0.1) is 0 Å². The van der Waals surface area contributed by atoms with Gasteiger partial charge in [0.15, 0.2) is 6.10 Å². The first-order valence-corrected chi connectivity index (χ1v) is 23.2. The van der Waals surface area contributed by atoms with Crippen molar-refractivity contribution in [3.05, 3.63) is 70.4 Å². The number of aliphatic hydroxyl groups is 1. The lowest BCUT2D eigenvalue weighted by atomic mass is 9.47. The highest BCUT2D eigenvalue weighted by Gasteiger charge is 2.80. The third-order valence-electron chi connectivity index (χ3n) is 16.5. The molecule has 2 bridgehead atoms. The molecule has 2 aromatic carbocycles. The average molecular weight is 887 g/mol. The number of aromatic amines is 1. The molecule has 1 aromatic heterocycles. The number of methoxy groups -OCH3 is 3. The molecule has 6 unspecified atom stereocenters. The maximum atomic E-state index is 15.5. The Balaban J connectivity index is 1.35. The standard InChI is InChI=1S/C50H64F2N4O8/c1-9-11-13-30-14-15-37-34(23-30)33-16-20-55-27-31(22-32(28-55)46(4,51)52)26-49(40(33)53-37,44(58)62-7)36-24-35-38(25-39(36)61-6)54(5)42-48(35)18-21-56-19-12-17-47(10-2,41(48)56)43(64-29(3)57)50(42,60)45(59)63-8/h12,14-15,17,23-25,31-32,41-43,53,60H,9-11,13,16,18-22,26-28H2,1-8H3/t31?,32?,41?,42?,43-,47-,48?,49-,50+/m0/s1. The van der Waals surface area contributed by atoms with E-state index in [9.17, 15) is 14.7 Å². The van der Waals surface area contributed by atoms with E-state index in [4.69, 9.17) is 18.9 Å². The van der Waals surface area contributed by atoms with Crippen LogP contribution in [-0.4, -0.2) is 129 Å². The molecular formula is C50H64F2N4O8. The minimum Gasteiger partial charge on any atom is -0.496 e. The van der Waals surface area contributed by atoms with E-state index >= 15 is 13.6 Å². The molecule has 12 nitrogen and oxygen atoms in total. The summed E-state index contributed by atoms with van der Waals surface area (Å²) >= 11 is 0. The lowest BCUT2D eigenvalue weighted by molar-refractivity contribution is -0.228. The van der Waals surface area contributed by atoms with Crippen molar-refractivity contribution in [2.45, 2.75) is 120 Å². The molecule has 6 aliphatic rings. The van der Waals surface area contributed by atoms with Crippen LogP contribution in [0.1, 0.15) is 94.2 Å². The fourth-order valence-electron chi connectivity index (χ4n) is 14.1. The summed E-state index contributed by atoms with van der Waals surface area (Å²) in [5.74, 6) is -5.89. The van der Waals surface area contributed by atoms with Crippen LogP contribution >= 0.6 is 0 Å². The van der Waals surface area contributed by atoms with Crippen molar-refractivity contribution in [3.63, 3.8) is 0 Å². The molecule has 10 atom stereocenters. The van der Waals surface area contributed by atoms with Crippen LogP contribution in [0.4, 0.5) is 14.5 Å². The summed E-state index contributed by atoms with van der Waals surface area (Å²) in [6.07, 6.45) is 7.53. The van der Waals surface area contributed by atoms with Crippen LogP contribution in [0.5, 0.6) is 5.75 Å². The molecule has 1 spiro atoms. The third-order valence-corrected chi connectivity index (χ3v) is 16.5. The molecule has 1 saturated carbocycles. The first-order valence-electron chi connectivity index (χ1n) is 23.2. The number of ether oxygens (including phenoxy) is 4. The molecule has 3 fully saturated rings. The van der Waals surface area contributed by atoms with Gasteiger partial charge in [0.2, 0.25) is 11.5 Å². The lowest BCUT2D eigenvalue weighted by Crippen LogP contribution is -2.81. The van der Waals surface area contributed by atoms with E-state index in [1.54, 1.807) is 7.11 Å². The topological polar surface area (TPSA) is 134 Å². The van der Waals surface area contributed by atoms with Crippen LogP contribution in [0.25, 0.3) is 10.9 Å². The van der Waals surface area contributed by atoms with E-state index in [1.165, 1.54) is 26.7 Å². The number of likely N-dealkylation sites (N-methyl/N-ethyl adjacent to an activating group) is 1. The van der Waals surface area contributed by atoms with Crippen LogP contribution in [0, 0.1) is 17.3 Å². The van der Waals surface area contributed by atoms with Crippen LogP contribution < -0.4 is 9.64 Å². The number of nitrogens with zero attached hydrogens (tertiary/aromatic N) is 3. The van der Waals surface area contributed by atoms with Crippen molar-refractivity contribution in [2.24, 2.45) is 17.3 Å². The van der Waals surface area contributed by atoms with Crippen LogP contribution in [0.3, 0.4) is 0 Å². The molecule has 5 aliphatic heterocycles. The number of aromatic nitrogens is 1. The van der Waals surface area contributed by atoms with Gasteiger partial charge in [-0.05, 0) is 99.2 Å². The first kappa shape index (κ1) is 44.7. The Morgan fingerprint density at radius 3 is 2.44 bits per heavy atom. The third kappa shape index (κ3) is 6.16. The molecule has 1 aliphatic carbocycles. The number of rotatable bonds is 10. The van der Waals surface area contributed by atoms with E-state index in [2.05, 4.69) is 39.9 Å². The number of carbonyl (C=O) groups is 3. The molecule has 6 heterocycles. The smallest absolute Gasteiger partial charge is 0.344 e. The molecule has 2 saturated heterocycles. The number of esters is 3. The number of nitrogens with one attached hydrogen (secondary N) is 1. The molecule has 14 heteroatoms. The number of piperidine rings is 1. The van der Waals surface area contributed by atoms with E-state index in [1.807, 2.05) is 43.2 Å². The SMILES string of the molecule is CCCCc1ccc2[nH]c3c(c2c1)CCN1CC(CC(C(C)(F)F)C1)C[C@]3(C(=O)OC)c1cc2c(cc1OC)N(C)C1C23CCN2CC=C[C@@](CC)(C23)[C@H](OC(C)=O)[C@@]1(O)C(=O)OC. The van der Waals surface area contributed by atoms with Gasteiger partial charge >= 0.3 is 17.9 Å². The molecule has 9 rings (SSSR count). The van der Waals surface area contributed by atoms with Crippen molar-refractivity contribution in [1.29, 1.82) is 0 Å². The second kappa shape index (κ2) is 15.8. The van der Waals surface area contributed by atoms with E-state index in [0.29, 0.717) is 68.1 Å². The van der Waals surface area contributed by atoms with Gasteiger partial charge in [-0.3, -0.25) is 14.5 Å². The quantitative estimate of drug-likeness (QED) is 0.132. The van der Waals surface area contributed by atoms with Gasteiger partial charge in [0.1, 0.15) is 11.2 Å². The number of halogens is 2. The normalized spacial score (nSPS) is 34.1. The van der Waals surface area contributed by atoms with Crippen molar-refractivity contribution in [2.75, 3.05) is 66.0 Å². The monoisotopic (exact) mass is 886 g/mol. The van der Waals surface area contributed by atoms with Gasteiger partial charge in [-0.2, -0.15) is 0 Å². The Kier molecular flexibility index (Phi) is 11.0. The maximum absolute atomic E-state index is 15.5. The van der Waals surface area contributed by atoms with Gasteiger partial charge in [-0.25, -0.2) is 13.6 Å². The van der Waals surface area contributed by atoms with Crippen molar-refractivity contribution >= 4 is 34.5 Å².